The maximum absolute atomic E-state index is 10.9. The minimum absolute atomic E-state index is 0.225. The van der Waals surface area contributed by atoms with Gasteiger partial charge in [-0.15, -0.1) is 0 Å². The van der Waals surface area contributed by atoms with Crippen molar-refractivity contribution < 1.29 is 9.53 Å². The standard InChI is InChI=1S/C12H16BrN3O2/c1-15-10-7-8(13)3-4-9(10)12(14)16-6-5-11(17)18-2/h3-4,7,15H,5-6H2,1-2H3,(H2,14,16). The number of esters is 1. The lowest BCUT2D eigenvalue weighted by Crippen LogP contribution is -2.16. The molecule has 0 aliphatic heterocycles. The van der Waals surface area contributed by atoms with Gasteiger partial charge in [0, 0.05) is 22.8 Å². The van der Waals surface area contributed by atoms with Gasteiger partial charge in [0.15, 0.2) is 0 Å². The predicted octanol–water partition coefficient (Wildman–Crippen LogP) is 1.76. The Morgan fingerprint density at radius 1 is 1.56 bits per heavy atom. The third-order valence-electron chi connectivity index (χ3n) is 2.35. The van der Waals surface area contributed by atoms with Crippen molar-refractivity contribution >= 4 is 33.4 Å². The number of rotatable bonds is 5. The molecule has 0 radical (unpaired) electrons. The van der Waals surface area contributed by atoms with Crippen LogP contribution >= 0.6 is 15.9 Å². The van der Waals surface area contributed by atoms with Crippen molar-refractivity contribution in [3.05, 3.63) is 28.2 Å². The molecule has 0 bridgehead atoms. The van der Waals surface area contributed by atoms with Gasteiger partial charge in [0.25, 0.3) is 0 Å². The number of nitrogens with one attached hydrogen (secondary N) is 1. The van der Waals surface area contributed by atoms with Crippen molar-refractivity contribution in [2.24, 2.45) is 10.7 Å². The molecule has 0 aliphatic rings. The van der Waals surface area contributed by atoms with E-state index < -0.39 is 0 Å². The number of aliphatic imine (C=N–C) groups is 1. The zero-order valence-electron chi connectivity index (χ0n) is 10.4. The van der Waals surface area contributed by atoms with E-state index in [1.54, 1.807) is 0 Å². The summed E-state index contributed by atoms with van der Waals surface area (Å²) < 4.78 is 5.49. The highest BCUT2D eigenvalue weighted by Crippen LogP contribution is 2.20. The molecule has 1 rings (SSSR count). The van der Waals surface area contributed by atoms with Gasteiger partial charge in [-0.2, -0.15) is 0 Å². The van der Waals surface area contributed by atoms with Crippen LogP contribution < -0.4 is 11.1 Å². The number of methoxy groups -OCH3 is 1. The zero-order chi connectivity index (χ0) is 13.5. The van der Waals surface area contributed by atoms with E-state index in [9.17, 15) is 4.79 Å². The minimum Gasteiger partial charge on any atom is -0.469 e. The summed E-state index contributed by atoms with van der Waals surface area (Å²) in [6.07, 6.45) is 0.225. The van der Waals surface area contributed by atoms with E-state index in [0.29, 0.717) is 12.4 Å². The molecule has 0 saturated heterocycles. The molecule has 0 fully saturated rings. The molecule has 0 aliphatic carbocycles. The highest BCUT2D eigenvalue weighted by molar-refractivity contribution is 9.10. The Morgan fingerprint density at radius 2 is 2.28 bits per heavy atom. The van der Waals surface area contributed by atoms with Crippen LogP contribution in [0.15, 0.2) is 27.7 Å². The van der Waals surface area contributed by atoms with E-state index >= 15 is 0 Å². The highest BCUT2D eigenvalue weighted by atomic mass is 79.9. The normalized spacial score (nSPS) is 11.2. The van der Waals surface area contributed by atoms with E-state index in [4.69, 9.17) is 5.73 Å². The number of benzene rings is 1. The summed E-state index contributed by atoms with van der Waals surface area (Å²) in [6.45, 7) is 0.317. The van der Waals surface area contributed by atoms with Gasteiger partial charge >= 0.3 is 5.97 Å². The number of amidine groups is 1. The lowest BCUT2D eigenvalue weighted by atomic mass is 10.1. The van der Waals surface area contributed by atoms with Gasteiger partial charge in [-0.25, -0.2) is 0 Å². The maximum Gasteiger partial charge on any atom is 0.307 e. The number of ether oxygens (including phenoxy) is 1. The first-order chi connectivity index (χ1) is 8.58. The first-order valence-corrected chi connectivity index (χ1v) is 6.22. The number of hydrogen-bond acceptors (Lipinski definition) is 4. The predicted molar refractivity (Wildman–Crippen MR) is 75.9 cm³/mol. The van der Waals surface area contributed by atoms with E-state index in [0.717, 1.165) is 15.7 Å². The molecule has 0 saturated carbocycles. The molecule has 0 atom stereocenters. The molecule has 1 aromatic rings. The summed E-state index contributed by atoms with van der Waals surface area (Å²) in [5, 5.41) is 3.05. The van der Waals surface area contributed by atoms with E-state index in [1.165, 1.54) is 7.11 Å². The number of hydrogen-bond donors (Lipinski definition) is 2. The average Bonchev–Trinajstić information content (AvgIpc) is 2.37. The summed E-state index contributed by atoms with van der Waals surface area (Å²) in [7, 11) is 3.16. The van der Waals surface area contributed by atoms with Crippen molar-refractivity contribution in [3.8, 4) is 0 Å². The molecular weight excluding hydrogens is 298 g/mol. The second kappa shape index (κ2) is 7.00. The van der Waals surface area contributed by atoms with Crippen LogP contribution in [0, 0.1) is 0 Å². The van der Waals surface area contributed by atoms with Gasteiger partial charge in [0.1, 0.15) is 5.84 Å². The number of carbonyl (C=O) groups excluding carboxylic acids is 1. The summed E-state index contributed by atoms with van der Waals surface area (Å²) in [5.41, 5.74) is 7.58. The fraction of sp³-hybridized carbons (Fsp3) is 0.333. The Hall–Kier alpha value is -1.56. The lowest BCUT2D eigenvalue weighted by Gasteiger charge is -2.09. The molecule has 0 heterocycles. The molecule has 3 N–H and O–H groups in total. The van der Waals surface area contributed by atoms with Crippen LogP contribution in [0.2, 0.25) is 0 Å². The van der Waals surface area contributed by atoms with Crippen molar-refractivity contribution in [1.82, 2.24) is 0 Å². The van der Waals surface area contributed by atoms with Gasteiger partial charge < -0.3 is 15.8 Å². The molecule has 0 amide bonds. The topological polar surface area (TPSA) is 76.7 Å². The van der Waals surface area contributed by atoms with Crippen LogP contribution in [0.3, 0.4) is 0 Å². The Bertz CT molecular complexity index is 461. The summed E-state index contributed by atoms with van der Waals surface area (Å²) in [6, 6.07) is 5.67. The Balaban J connectivity index is 2.79. The largest absolute Gasteiger partial charge is 0.469 e. The van der Waals surface area contributed by atoms with Crippen LogP contribution in [0.1, 0.15) is 12.0 Å². The third-order valence-corrected chi connectivity index (χ3v) is 2.85. The molecule has 0 spiro atoms. The SMILES string of the molecule is CNc1cc(Br)ccc1C(N)=NCCC(=O)OC. The van der Waals surface area contributed by atoms with Gasteiger partial charge in [0.2, 0.25) is 0 Å². The number of carbonyl (C=O) groups is 1. The van der Waals surface area contributed by atoms with Crippen molar-refractivity contribution in [2.75, 3.05) is 26.0 Å². The second-order valence-electron chi connectivity index (χ2n) is 3.53. The second-order valence-corrected chi connectivity index (χ2v) is 4.45. The van der Waals surface area contributed by atoms with Crippen LogP contribution in [-0.4, -0.2) is 32.5 Å². The van der Waals surface area contributed by atoms with Gasteiger partial charge in [-0.05, 0) is 18.2 Å². The summed E-state index contributed by atoms with van der Waals surface area (Å²) >= 11 is 3.39. The van der Waals surface area contributed by atoms with E-state index in [-0.39, 0.29) is 12.4 Å². The maximum atomic E-state index is 10.9. The van der Waals surface area contributed by atoms with Gasteiger partial charge in [-0.1, -0.05) is 15.9 Å². The first kappa shape index (κ1) is 14.5. The van der Waals surface area contributed by atoms with Crippen molar-refractivity contribution in [1.29, 1.82) is 0 Å². The molecule has 6 heteroatoms. The van der Waals surface area contributed by atoms with Crippen LogP contribution in [-0.2, 0) is 9.53 Å². The van der Waals surface area contributed by atoms with Crippen LogP contribution in [0.5, 0.6) is 0 Å². The highest BCUT2D eigenvalue weighted by Gasteiger charge is 2.06. The molecule has 0 aromatic heterocycles. The van der Waals surface area contributed by atoms with E-state index in [2.05, 4.69) is 31.0 Å². The number of halogens is 1. The van der Waals surface area contributed by atoms with Gasteiger partial charge in [0.05, 0.1) is 20.1 Å². The summed E-state index contributed by atoms with van der Waals surface area (Å²) in [4.78, 5) is 15.1. The quantitative estimate of drug-likeness (QED) is 0.493. The zero-order valence-corrected chi connectivity index (χ0v) is 12.0. The third kappa shape index (κ3) is 4.03. The Labute approximate surface area is 115 Å². The van der Waals surface area contributed by atoms with Crippen molar-refractivity contribution in [2.45, 2.75) is 6.42 Å². The van der Waals surface area contributed by atoms with Gasteiger partial charge in [-0.3, -0.25) is 9.79 Å². The minimum atomic E-state index is -0.295. The summed E-state index contributed by atoms with van der Waals surface area (Å²) in [5.74, 6) is 0.104. The average molecular weight is 314 g/mol. The van der Waals surface area contributed by atoms with Crippen molar-refractivity contribution in [3.63, 3.8) is 0 Å². The molecule has 0 unspecified atom stereocenters. The fourth-order valence-electron chi connectivity index (χ4n) is 1.40. The monoisotopic (exact) mass is 313 g/mol. The van der Waals surface area contributed by atoms with Crippen LogP contribution in [0.25, 0.3) is 0 Å². The molecular formula is C12H16BrN3O2. The molecule has 1 aromatic carbocycles. The Morgan fingerprint density at radius 3 is 2.89 bits per heavy atom. The Kier molecular flexibility index (Phi) is 5.64. The smallest absolute Gasteiger partial charge is 0.307 e. The molecule has 98 valence electrons. The molecule has 18 heavy (non-hydrogen) atoms. The first-order valence-electron chi connectivity index (χ1n) is 5.43. The number of nitrogens with two attached hydrogens (primary N) is 1. The van der Waals surface area contributed by atoms with Crippen LogP contribution in [0.4, 0.5) is 5.69 Å². The number of anilines is 1. The fourth-order valence-corrected chi connectivity index (χ4v) is 1.76. The van der Waals surface area contributed by atoms with E-state index in [1.807, 2.05) is 25.2 Å². The molecule has 5 nitrogen and oxygen atoms in total. The number of nitrogens with zero attached hydrogens (tertiary/aromatic N) is 1. The lowest BCUT2D eigenvalue weighted by molar-refractivity contribution is -0.140.